The Bertz CT molecular complexity index is 510. The summed E-state index contributed by atoms with van der Waals surface area (Å²) in [5, 5.41) is 14.0. The fraction of sp³-hybridized carbons (Fsp3) is 0.429. The second-order valence-electron chi connectivity index (χ2n) is 5.51. The number of rotatable bonds is 6. The van der Waals surface area contributed by atoms with Crippen molar-refractivity contribution in [1.82, 2.24) is 5.32 Å². The summed E-state index contributed by atoms with van der Waals surface area (Å²) >= 11 is 3.31. The fourth-order valence-corrected chi connectivity index (χ4v) is 1.70. The molecule has 0 radical (unpaired) electrons. The second-order valence-corrected chi connectivity index (χ2v) is 6.37. The van der Waals surface area contributed by atoms with Crippen LogP contribution < -0.4 is 10.1 Å². The topological polar surface area (TPSA) is 64.4 Å². The van der Waals surface area contributed by atoms with Gasteiger partial charge in [-0.1, -0.05) is 6.58 Å². The lowest BCUT2D eigenvalue weighted by Gasteiger charge is -2.21. The minimum atomic E-state index is -0.449. The summed E-state index contributed by atoms with van der Waals surface area (Å²) < 4.78 is 6.24. The van der Waals surface area contributed by atoms with E-state index in [0.29, 0.717) is 23.4 Å². The van der Waals surface area contributed by atoms with Crippen molar-refractivity contribution in [3.8, 4) is 5.75 Å². The number of non-ortho nitro benzene ring substituents is 1. The van der Waals surface area contributed by atoms with Crippen molar-refractivity contribution in [3.63, 3.8) is 0 Å². The van der Waals surface area contributed by atoms with Gasteiger partial charge >= 0.3 is 0 Å². The molecular formula is C14H19BrN2O3. The van der Waals surface area contributed by atoms with Gasteiger partial charge in [-0.15, -0.1) is 0 Å². The average molecular weight is 343 g/mol. The third-order valence-corrected chi connectivity index (χ3v) is 3.08. The molecule has 0 fully saturated rings. The van der Waals surface area contributed by atoms with E-state index in [1.807, 2.05) is 0 Å². The molecule has 20 heavy (non-hydrogen) atoms. The van der Waals surface area contributed by atoms with E-state index in [1.165, 1.54) is 12.1 Å². The standard InChI is InChI=1S/C14H19BrN2O3/c1-10(8-16-14(2,3)4)9-20-13-7-11(17(18)19)5-6-12(13)15/h5-7,16H,1,8-9H2,2-4H3. The number of benzene rings is 1. The SMILES string of the molecule is C=C(CNC(C)(C)C)COc1cc([N+](=O)[O-])ccc1Br. The van der Waals surface area contributed by atoms with Gasteiger partial charge in [-0.05, 0) is 48.3 Å². The van der Waals surface area contributed by atoms with Gasteiger partial charge in [0.2, 0.25) is 0 Å². The normalized spacial score (nSPS) is 11.2. The highest BCUT2D eigenvalue weighted by Gasteiger charge is 2.12. The van der Waals surface area contributed by atoms with Crippen LogP contribution in [-0.2, 0) is 0 Å². The molecule has 0 aromatic heterocycles. The maximum atomic E-state index is 10.7. The van der Waals surface area contributed by atoms with Crippen LogP contribution in [0, 0.1) is 10.1 Å². The van der Waals surface area contributed by atoms with Crippen LogP contribution >= 0.6 is 15.9 Å². The highest BCUT2D eigenvalue weighted by molar-refractivity contribution is 9.10. The van der Waals surface area contributed by atoms with Gasteiger partial charge in [0, 0.05) is 18.2 Å². The van der Waals surface area contributed by atoms with E-state index in [1.54, 1.807) is 6.07 Å². The third-order valence-electron chi connectivity index (χ3n) is 2.43. The van der Waals surface area contributed by atoms with E-state index in [9.17, 15) is 10.1 Å². The highest BCUT2D eigenvalue weighted by Crippen LogP contribution is 2.29. The van der Waals surface area contributed by atoms with Crippen LogP contribution in [-0.4, -0.2) is 23.6 Å². The predicted octanol–water partition coefficient (Wildman–Crippen LogP) is 3.68. The first-order valence-electron chi connectivity index (χ1n) is 6.17. The Morgan fingerprint density at radius 2 is 2.15 bits per heavy atom. The summed E-state index contributed by atoms with van der Waals surface area (Å²) in [6.45, 7) is 11.1. The van der Waals surface area contributed by atoms with Crippen LogP contribution in [0.2, 0.25) is 0 Å². The summed E-state index contributed by atoms with van der Waals surface area (Å²) in [6.07, 6.45) is 0. The van der Waals surface area contributed by atoms with E-state index in [-0.39, 0.29) is 11.2 Å². The molecular weight excluding hydrogens is 324 g/mol. The molecule has 0 saturated heterocycles. The molecule has 6 heteroatoms. The number of halogens is 1. The van der Waals surface area contributed by atoms with E-state index in [2.05, 4.69) is 48.6 Å². The molecule has 0 aliphatic carbocycles. The monoisotopic (exact) mass is 342 g/mol. The number of nitrogens with one attached hydrogen (secondary N) is 1. The zero-order valence-corrected chi connectivity index (χ0v) is 13.5. The minimum Gasteiger partial charge on any atom is -0.488 e. The molecule has 1 rings (SSSR count). The van der Waals surface area contributed by atoms with Crippen LogP contribution in [0.4, 0.5) is 5.69 Å². The smallest absolute Gasteiger partial charge is 0.273 e. The van der Waals surface area contributed by atoms with Crippen molar-refractivity contribution in [2.75, 3.05) is 13.2 Å². The molecule has 110 valence electrons. The molecule has 0 atom stereocenters. The minimum absolute atomic E-state index is 0.00151. The van der Waals surface area contributed by atoms with Crippen LogP contribution in [0.25, 0.3) is 0 Å². The second kappa shape index (κ2) is 6.85. The zero-order chi connectivity index (χ0) is 15.3. The molecule has 1 aromatic carbocycles. The van der Waals surface area contributed by atoms with Gasteiger partial charge in [-0.25, -0.2) is 0 Å². The van der Waals surface area contributed by atoms with Crippen LogP contribution in [0.5, 0.6) is 5.75 Å². The van der Waals surface area contributed by atoms with Gasteiger partial charge in [-0.3, -0.25) is 10.1 Å². The zero-order valence-electron chi connectivity index (χ0n) is 11.9. The highest BCUT2D eigenvalue weighted by atomic mass is 79.9. The molecule has 1 N–H and O–H groups in total. The van der Waals surface area contributed by atoms with Crippen molar-refractivity contribution in [2.45, 2.75) is 26.3 Å². The molecule has 0 bridgehead atoms. The first kappa shape index (κ1) is 16.7. The lowest BCUT2D eigenvalue weighted by atomic mass is 10.1. The molecule has 0 amide bonds. The summed E-state index contributed by atoms with van der Waals surface area (Å²) in [4.78, 5) is 10.3. The van der Waals surface area contributed by atoms with Crippen LogP contribution in [0.3, 0.4) is 0 Å². The summed E-state index contributed by atoms with van der Waals surface area (Å²) in [7, 11) is 0. The number of nitro groups is 1. The van der Waals surface area contributed by atoms with Crippen molar-refractivity contribution in [2.24, 2.45) is 0 Å². The summed E-state index contributed by atoms with van der Waals surface area (Å²) in [5.41, 5.74) is 0.884. The van der Waals surface area contributed by atoms with Gasteiger partial charge in [0.1, 0.15) is 12.4 Å². The Labute approximate surface area is 127 Å². The number of hydrogen-bond acceptors (Lipinski definition) is 4. The fourth-order valence-electron chi connectivity index (χ4n) is 1.34. The molecule has 0 saturated carbocycles. The van der Waals surface area contributed by atoms with Gasteiger partial charge in [-0.2, -0.15) is 0 Å². The molecule has 0 aliphatic rings. The lowest BCUT2D eigenvalue weighted by Crippen LogP contribution is -2.37. The lowest BCUT2D eigenvalue weighted by molar-refractivity contribution is -0.384. The molecule has 0 unspecified atom stereocenters. The van der Waals surface area contributed by atoms with Gasteiger partial charge in [0.15, 0.2) is 0 Å². The third kappa shape index (κ3) is 5.71. The molecule has 0 aliphatic heterocycles. The van der Waals surface area contributed by atoms with Crippen molar-refractivity contribution >= 4 is 21.6 Å². The van der Waals surface area contributed by atoms with Crippen LogP contribution in [0.1, 0.15) is 20.8 Å². The van der Waals surface area contributed by atoms with Crippen molar-refractivity contribution in [3.05, 3.63) is 44.9 Å². The Kier molecular flexibility index (Phi) is 5.71. The molecule has 5 nitrogen and oxygen atoms in total. The first-order chi connectivity index (χ1) is 9.19. The van der Waals surface area contributed by atoms with Gasteiger partial charge in [0.05, 0.1) is 15.5 Å². The number of hydrogen-bond donors (Lipinski definition) is 1. The maximum Gasteiger partial charge on any atom is 0.273 e. The Hall–Kier alpha value is -1.40. The number of nitro benzene ring substituents is 1. The Morgan fingerprint density at radius 1 is 1.50 bits per heavy atom. The van der Waals surface area contributed by atoms with Gasteiger partial charge < -0.3 is 10.1 Å². The Balaban J connectivity index is 2.59. The Morgan fingerprint density at radius 3 is 2.70 bits per heavy atom. The largest absolute Gasteiger partial charge is 0.488 e. The summed E-state index contributed by atoms with van der Waals surface area (Å²) in [5.74, 6) is 0.441. The van der Waals surface area contributed by atoms with Crippen molar-refractivity contribution in [1.29, 1.82) is 0 Å². The van der Waals surface area contributed by atoms with E-state index in [0.717, 1.165) is 5.57 Å². The van der Waals surface area contributed by atoms with Crippen LogP contribution in [0.15, 0.2) is 34.8 Å². The van der Waals surface area contributed by atoms with E-state index < -0.39 is 4.92 Å². The van der Waals surface area contributed by atoms with Gasteiger partial charge in [0.25, 0.3) is 5.69 Å². The average Bonchev–Trinajstić information content (AvgIpc) is 2.34. The summed E-state index contributed by atoms with van der Waals surface area (Å²) in [6, 6.07) is 4.42. The predicted molar refractivity (Wildman–Crippen MR) is 83.2 cm³/mol. The maximum absolute atomic E-state index is 10.7. The molecule has 1 aromatic rings. The van der Waals surface area contributed by atoms with Crippen molar-refractivity contribution < 1.29 is 9.66 Å². The van der Waals surface area contributed by atoms with E-state index in [4.69, 9.17) is 4.74 Å². The first-order valence-corrected chi connectivity index (χ1v) is 6.97. The number of ether oxygens (including phenoxy) is 1. The number of nitrogens with zero attached hydrogens (tertiary/aromatic N) is 1. The molecule has 0 spiro atoms. The molecule has 0 heterocycles. The quantitative estimate of drug-likeness (QED) is 0.486. The van der Waals surface area contributed by atoms with E-state index >= 15 is 0 Å².